The van der Waals surface area contributed by atoms with E-state index in [1.54, 1.807) is 0 Å². The molecule has 0 aromatic carbocycles. The fourth-order valence-corrected chi connectivity index (χ4v) is 1.63. The molecule has 0 saturated heterocycles. The Labute approximate surface area is 105 Å². The number of ether oxygens (including phenoxy) is 1. The Morgan fingerprint density at radius 1 is 1.22 bits per heavy atom. The number of hydrogen-bond donors (Lipinski definition) is 1. The van der Waals surface area contributed by atoms with E-state index in [1.807, 2.05) is 6.92 Å². The maximum Gasteiger partial charge on any atom is 0.308 e. The smallest absolute Gasteiger partial charge is 0.308 e. The summed E-state index contributed by atoms with van der Waals surface area (Å²) in [4.78, 5) is 44.9. The highest BCUT2D eigenvalue weighted by molar-refractivity contribution is 6.12. The maximum atomic E-state index is 11.4. The van der Waals surface area contributed by atoms with Crippen LogP contribution < -0.4 is 5.32 Å². The van der Waals surface area contributed by atoms with E-state index in [0.717, 1.165) is 6.42 Å². The second-order valence-corrected chi connectivity index (χ2v) is 4.15. The molecular formula is C12H17NO5. The molecule has 6 nitrogen and oxygen atoms in total. The number of nitrogens with one attached hydrogen (secondary N) is 1. The Morgan fingerprint density at radius 3 is 2.39 bits per heavy atom. The van der Waals surface area contributed by atoms with Gasteiger partial charge in [-0.1, -0.05) is 6.92 Å². The first-order valence-electron chi connectivity index (χ1n) is 6.06. The molecule has 6 heteroatoms. The maximum absolute atomic E-state index is 11.4. The molecule has 1 N–H and O–H groups in total. The van der Waals surface area contributed by atoms with Gasteiger partial charge in [-0.15, -0.1) is 0 Å². The molecule has 0 aliphatic heterocycles. The summed E-state index contributed by atoms with van der Waals surface area (Å²) < 4.78 is 4.79. The molecule has 1 saturated carbocycles. The number of carbonyl (C=O) groups is 4. The van der Waals surface area contributed by atoms with Gasteiger partial charge in [-0.2, -0.15) is 0 Å². The van der Waals surface area contributed by atoms with Gasteiger partial charge >= 0.3 is 5.97 Å². The average Bonchev–Trinajstić information content (AvgIpc) is 2.61. The normalized spacial score (nSPS) is 15.8. The minimum atomic E-state index is -1.22. The highest BCUT2D eigenvalue weighted by atomic mass is 16.6. The van der Waals surface area contributed by atoms with Gasteiger partial charge < -0.3 is 10.1 Å². The van der Waals surface area contributed by atoms with Crippen molar-refractivity contribution >= 4 is 23.4 Å². The SMILES string of the molecule is CCCC(=O)NCCC(=O)OC1C(=O)CCC1=O. The second kappa shape index (κ2) is 6.88. The molecule has 100 valence electrons. The number of hydrogen-bond acceptors (Lipinski definition) is 5. The lowest BCUT2D eigenvalue weighted by Crippen LogP contribution is -2.31. The van der Waals surface area contributed by atoms with Crippen molar-refractivity contribution in [3.8, 4) is 0 Å². The van der Waals surface area contributed by atoms with Gasteiger partial charge in [-0.3, -0.25) is 19.2 Å². The molecule has 1 rings (SSSR count). The molecule has 1 amide bonds. The van der Waals surface area contributed by atoms with Gasteiger partial charge in [0.25, 0.3) is 0 Å². The first-order valence-corrected chi connectivity index (χ1v) is 6.06. The molecule has 1 aliphatic carbocycles. The van der Waals surface area contributed by atoms with Crippen LogP contribution in [-0.4, -0.2) is 36.1 Å². The Morgan fingerprint density at radius 2 is 1.83 bits per heavy atom. The minimum Gasteiger partial charge on any atom is -0.446 e. The van der Waals surface area contributed by atoms with Crippen molar-refractivity contribution in [1.82, 2.24) is 5.32 Å². The van der Waals surface area contributed by atoms with Gasteiger partial charge in [-0.25, -0.2) is 0 Å². The molecule has 0 atom stereocenters. The number of carbonyl (C=O) groups excluding carboxylic acids is 4. The summed E-state index contributed by atoms with van der Waals surface area (Å²) in [6, 6.07) is 0. The van der Waals surface area contributed by atoms with Crippen molar-refractivity contribution in [2.45, 2.75) is 45.1 Å². The zero-order valence-electron chi connectivity index (χ0n) is 10.4. The highest BCUT2D eigenvalue weighted by Crippen LogP contribution is 2.14. The van der Waals surface area contributed by atoms with E-state index in [-0.39, 0.29) is 43.3 Å². The predicted molar refractivity (Wildman–Crippen MR) is 61.7 cm³/mol. The number of Topliss-reactive ketones (excluding diaryl/α,β-unsaturated/α-hetero) is 2. The molecule has 0 heterocycles. The molecule has 18 heavy (non-hydrogen) atoms. The van der Waals surface area contributed by atoms with Crippen LogP contribution in [0.25, 0.3) is 0 Å². The van der Waals surface area contributed by atoms with Gasteiger partial charge in [0.2, 0.25) is 12.0 Å². The summed E-state index contributed by atoms with van der Waals surface area (Å²) >= 11 is 0. The summed E-state index contributed by atoms with van der Waals surface area (Å²) in [6.45, 7) is 2.04. The van der Waals surface area contributed by atoms with Gasteiger partial charge in [0.1, 0.15) is 0 Å². The van der Waals surface area contributed by atoms with Crippen molar-refractivity contribution < 1.29 is 23.9 Å². The number of esters is 1. The monoisotopic (exact) mass is 255 g/mol. The van der Waals surface area contributed by atoms with Crippen LogP contribution >= 0.6 is 0 Å². The summed E-state index contributed by atoms with van der Waals surface area (Å²) in [5, 5.41) is 2.55. The van der Waals surface area contributed by atoms with Crippen molar-refractivity contribution in [3.63, 3.8) is 0 Å². The Bertz CT molecular complexity index is 347. The molecule has 1 aliphatic rings. The van der Waals surface area contributed by atoms with E-state index in [0.29, 0.717) is 6.42 Å². The van der Waals surface area contributed by atoms with E-state index in [2.05, 4.69) is 5.32 Å². The van der Waals surface area contributed by atoms with E-state index in [1.165, 1.54) is 0 Å². The number of amides is 1. The summed E-state index contributed by atoms with van der Waals surface area (Å²) in [5.41, 5.74) is 0. The fraction of sp³-hybridized carbons (Fsp3) is 0.667. The van der Waals surface area contributed by atoms with Crippen molar-refractivity contribution in [1.29, 1.82) is 0 Å². The zero-order valence-corrected chi connectivity index (χ0v) is 10.4. The predicted octanol–water partition coefficient (Wildman–Crippen LogP) is 0.137. The van der Waals surface area contributed by atoms with Crippen molar-refractivity contribution in [2.75, 3.05) is 6.54 Å². The largest absolute Gasteiger partial charge is 0.446 e. The van der Waals surface area contributed by atoms with Crippen LogP contribution in [0.1, 0.15) is 39.0 Å². The van der Waals surface area contributed by atoms with Crippen molar-refractivity contribution in [3.05, 3.63) is 0 Å². The lowest BCUT2D eigenvalue weighted by Gasteiger charge is -2.09. The first kappa shape index (κ1) is 14.3. The summed E-state index contributed by atoms with van der Waals surface area (Å²) in [5.74, 6) is -1.45. The first-order chi connectivity index (χ1) is 8.54. The second-order valence-electron chi connectivity index (χ2n) is 4.15. The zero-order chi connectivity index (χ0) is 13.5. The van der Waals surface area contributed by atoms with Crippen LogP contribution in [0, 0.1) is 0 Å². The molecule has 0 radical (unpaired) electrons. The van der Waals surface area contributed by atoms with E-state index in [9.17, 15) is 19.2 Å². The minimum absolute atomic E-state index is 0.0352. The summed E-state index contributed by atoms with van der Waals surface area (Å²) in [6.07, 6.45) is 0.181. The van der Waals surface area contributed by atoms with Gasteiger partial charge in [0.15, 0.2) is 11.6 Å². The third kappa shape index (κ3) is 4.27. The van der Waals surface area contributed by atoms with Crippen LogP contribution in [0.3, 0.4) is 0 Å². The Kier molecular flexibility index (Phi) is 5.48. The topological polar surface area (TPSA) is 89.5 Å². The van der Waals surface area contributed by atoms with E-state index >= 15 is 0 Å². The average molecular weight is 255 g/mol. The van der Waals surface area contributed by atoms with Crippen molar-refractivity contribution in [2.24, 2.45) is 0 Å². The van der Waals surface area contributed by atoms with E-state index in [4.69, 9.17) is 4.74 Å². The Hall–Kier alpha value is -1.72. The van der Waals surface area contributed by atoms with Crippen LogP contribution in [0.15, 0.2) is 0 Å². The molecule has 0 bridgehead atoms. The van der Waals surface area contributed by atoms with Gasteiger partial charge in [0, 0.05) is 25.8 Å². The third-order valence-corrected chi connectivity index (χ3v) is 2.58. The van der Waals surface area contributed by atoms with E-state index < -0.39 is 12.1 Å². The molecule has 1 fully saturated rings. The van der Waals surface area contributed by atoms with Gasteiger partial charge in [0.05, 0.1) is 6.42 Å². The molecular weight excluding hydrogens is 238 g/mol. The quantitative estimate of drug-likeness (QED) is 0.538. The molecule has 0 aromatic rings. The number of ketones is 2. The van der Waals surface area contributed by atoms with Crippen LogP contribution in [0.5, 0.6) is 0 Å². The molecule has 0 aromatic heterocycles. The lowest BCUT2D eigenvalue weighted by atomic mass is 10.3. The number of rotatable bonds is 6. The van der Waals surface area contributed by atoms with Gasteiger partial charge in [-0.05, 0) is 6.42 Å². The third-order valence-electron chi connectivity index (χ3n) is 2.58. The van der Waals surface area contributed by atoms with Crippen LogP contribution in [0.4, 0.5) is 0 Å². The highest BCUT2D eigenvalue weighted by Gasteiger charge is 2.35. The lowest BCUT2D eigenvalue weighted by molar-refractivity contribution is -0.157. The van der Waals surface area contributed by atoms with Crippen LogP contribution in [-0.2, 0) is 23.9 Å². The Balaban J connectivity index is 2.23. The molecule has 0 unspecified atom stereocenters. The molecule has 0 spiro atoms. The fourth-order valence-electron chi connectivity index (χ4n) is 1.63. The standard InChI is InChI=1S/C12H17NO5/c1-2-3-10(16)13-7-6-11(17)18-12-8(14)4-5-9(12)15/h12H,2-7H2,1H3,(H,13,16). The summed E-state index contributed by atoms with van der Waals surface area (Å²) in [7, 11) is 0. The van der Waals surface area contributed by atoms with Crippen LogP contribution in [0.2, 0.25) is 0 Å².